The normalized spacial score (nSPS) is 25.7. The average molecular weight is 254 g/mol. The molecule has 3 heterocycles. The Kier molecular flexibility index (Phi) is 3.11. The molecule has 0 aliphatic carbocycles. The number of anilines is 1. The van der Waals surface area contributed by atoms with Gasteiger partial charge in [-0.2, -0.15) is 10.1 Å². The molecule has 3 rings (SSSR count). The van der Waals surface area contributed by atoms with Crippen molar-refractivity contribution in [3.05, 3.63) is 11.5 Å². The number of aromatic nitrogens is 3. The summed E-state index contributed by atoms with van der Waals surface area (Å²) in [6.07, 6.45) is 5.50. The van der Waals surface area contributed by atoms with Gasteiger partial charge in [0.2, 0.25) is 5.28 Å². The molecule has 2 aliphatic heterocycles. The van der Waals surface area contributed by atoms with Crippen LogP contribution in [0.3, 0.4) is 0 Å². The number of halogens is 1. The SMILES string of the molecule is Clc1nncc(N2CCCN3CCCC3C2)n1. The van der Waals surface area contributed by atoms with Crippen LogP contribution in [0.15, 0.2) is 6.20 Å². The largest absolute Gasteiger partial charge is 0.354 e. The molecule has 2 saturated heterocycles. The first-order valence-corrected chi connectivity index (χ1v) is 6.55. The fourth-order valence-electron chi connectivity index (χ4n) is 2.84. The third kappa shape index (κ3) is 2.35. The van der Waals surface area contributed by atoms with E-state index in [1.54, 1.807) is 6.20 Å². The van der Waals surface area contributed by atoms with E-state index in [4.69, 9.17) is 11.6 Å². The fraction of sp³-hybridized carbons (Fsp3) is 0.727. The highest BCUT2D eigenvalue weighted by atomic mass is 35.5. The second kappa shape index (κ2) is 4.74. The van der Waals surface area contributed by atoms with Gasteiger partial charge in [-0.1, -0.05) is 0 Å². The molecule has 0 radical (unpaired) electrons. The topological polar surface area (TPSA) is 45.2 Å². The van der Waals surface area contributed by atoms with Crippen LogP contribution in [0.25, 0.3) is 0 Å². The molecule has 0 N–H and O–H groups in total. The molecule has 0 amide bonds. The van der Waals surface area contributed by atoms with Crippen LogP contribution in [0.1, 0.15) is 19.3 Å². The predicted molar refractivity (Wildman–Crippen MR) is 66.3 cm³/mol. The van der Waals surface area contributed by atoms with Crippen LogP contribution in [0.5, 0.6) is 0 Å². The predicted octanol–water partition coefficient (Wildman–Crippen LogP) is 1.20. The Morgan fingerprint density at radius 2 is 2.12 bits per heavy atom. The van der Waals surface area contributed by atoms with Gasteiger partial charge in [-0.25, -0.2) is 0 Å². The van der Waals surface area contributed by atoms with E-state index < -0.39 is 0 Å². The summed E-state index contributed by atoms with van der Waals surface area (Å²) in [5.74, 6) is 0.860. The van der Waals surface area contributed by atoms with Gasteiger partial charge in [0, 0.05) is 25.7 Å². The molecule has 1 atom stereocenters. The fourth-order valence-corrected chi connectivity index (χ4v) is 2.97. The van der Waals surface area contributed by atoms with Crippen molar-refractivity contribution in [2.24, 2.45) is 0 Å². The van der Waals surface area contributed by atoms with Crippen LogP contribution in [0.2, 0.25) is 5.28 Å². The summed E-state index contributed by atoms with van der Waals surface area (Å²) in [4.78, 5) is 9.13. The van der Waals surface area contributed by atoms with Crippen molar-refractivity contribution in [3.63, 3.8) is 0 Å². The molecule has 6 heteroatoms. The summed E-state index contributed by atoms with van der Waals surface area (Å²) in [6.45, 7) is 4.52. The highest BCUT2D eigenvalue weighted by Crippen LogP contribution is 2.23. The minimum atomic E-state index is 0.232. The average Bonchev–Trinajstić information content (AvgIpc) is 2.66. The zero-order chi connectivity index (χ0) is 11.7. The lowest BCUT2D eigenvalue weighted by Crippen LogP contribution is -2.37. The van der Waals surface area contributed by atoms with Crippen molar-refractivity contribution < 1.29 is 0 Å². The Balaban J connectivity index is 1.78. The van der Waals surface area contributed by atoms with E-state index >= 15 is 0 Å². The van der Waals surface area contributed by atoms with E-state index in [2.05, 4.69) is 25.0 Å². The maximum atomic E-state index is 5.79. The minimum Gasteiger partial charge on any atom is -0.354 e. The van der Waals surface area contributed by atoms with Gasteiger partial charge in [0.15, 0.2) is 5.82 Å². The molecule has 2 fully saturated rings. The Morgan fingerprint density at radius 1 is 1.24 bits per heavy atom. The third-order valence-corrected chi connectivity index (χ3v) is 3.81. The van der Waals surface area contributed by atoms with Crippen molar-refractivity contribution in [3.8, 4) is 0 Å². The van der Waals surface area contributed by atoms with E-state index in [0.29, 0.717) is 6.04 Å². The molecule has 1 aromatic rings. The molecule has 2 aliphatic rings. The van der Waals surface area contributed by atoms with Crippen LogP contribution < -0.4 is 4.90 Å². The van der Waals surface area contributed by atoms with E-state index in [0.717, 1.165) is 18.9 Å². The van der Waals surface area contributed by atoms with Crippen molar-refractivity contribution >= 4 is 17.4 Å². The van der Waals surface area contributed by atoms with Crippen molar-refractivity contribution in [1.82, 2.24) is 20.1 Å². The van der Waals surface area contributed by atoms with E-state index in [9.17, 15) is 0 Å². The van der Waals surface area contributed by atoms with Crippen LogP contribution in [0, 0.1) is 0 Å². The molecule has 1 unspecified atom stereocenters. The second-order valence-corrected chi connectivity index (χ2v) is 5.05. The van der Waals surface area contributed by atoms with Gasteiger partial charge in [-0.15, -0.1) is 5.10 Å². The summed E-state index contributed by atoms with van der Waals surface area (Å²) in [5.41, 5.74) is 0. The molecule has 17 heavy (non-hydrogen) atoms. The van der Waals surface area contributed by atoms with Gasteiger partial charge < -0.3 is 4.90 Å². The highest BCUT2D eigenvalue weighted by molar-refractivity contribution is 6.28. The van der Waals surface area contributed by atoms with Crippen molar-refractivity contribution in [1.29, 1.82) is 0 Å². The van der Waals surface area contributed by atoms with Gasteiger partial charge >= 0.3 is 0 Å². The van der Waals surface area contributed by atoms with Crippen molar-refractivity contribution in [2.45, 2.75) is 25.3 Å². The van der Waals surface area contributed by atoms with Crippen molar-refractivity contribution in [2.75, 3.05) is 31.1 Å². The van der Waals surface area contributed by atoms with Gasteiger partial charge in [0.1, 0.15) is 0 Å². The molecule has 0 bridgehead atoms. The first kappa shape index (κ1) is 11.2. The Labute approximate surface area is 106 Å². The van der Waals surface area contributed by atoms with E-state index in [1.807, 2.05) is 0 Å². The first-order chi connectivity index (χ1) is 8.33. The lowest BCUT2D eigenvalue weighted by atomic mass is 10.2. The molecule has 92 valence electrons. The summed E-state index contributed by atoms with van der Waals surface area (Å²) >= 11 is 5.79. The molecular weight excluding hydrogens is 238 g/mol. The lowest BCUT2D eigenvalue weighted by Gasteiger charge is -2.25. The third-order valence-electron chi connectivity index (χ3n) is 3.65. The van der Waals surface area contributed by atoms with Crippen LogP contribution in [0.4, 0.5) is 5.82 Å². The Morgan fingerprint density at radius 3 is 3.00 bits per heavy atom. The number of fused-ring (bicyclic) bond motifs is 1. The maximum absolute atomic E-state index is 5.79. The highest BCUT2D eigenvalue weighted by Gasteiger charge is 2.29. The summed E-state index contributed by atoms with van der Waals surface area (Å²) in [6, 6.07) is 0.672. The van der Waals surface area contributed by atoms with Gasteiger partial charge in [0.25, 0.3) is 0 Å². The van der Waals surface area contributed by atoms with E-state index in [-0.39, 0.29) is 5.28 Å². The van der Waals surface area contributed by atoms with Crippen LogP contribution in [-0.4, -0.2) is 52.3 Å². The zero-order valence-corrected chi connectivity index (χ0v) is 10.5. The van der Waals surface area contributed by atoms with E-state index in [1.165, 1.54) is 32.4 Å². The molecular formula is C11H16ClN5. The van der Waals surface area contributed by atoms with Crippen LogP contribution in [-0.2, 0) is 0 Å². The molecule has 0 saturated carbocycles. The molecule has 5 nitrogen and oxygen atoms in total. The molecule has 0 spiro atoms. The number of hydrogen-bond acceptors (Lipinski definition) is 5. The number of hydrogen-bond donors (Lipinski definition) is 0. The number of rotatable bonds is 1. The summed E-state index contributed by atoms with van der Waals surface area (Å²) < 4.78 is 0. The minimum absolute atomic E-state index is 0.232. The maximum Gasteiger partial charge on any atom is 0.244 e. The quantitative estimate of drug-likeness (QED) is 0.753. The van der Waals surface area contributed by atoms with Gasteiger partial charge in [-0.3, -0.25) is 4.90 Å². The number of nitrogens with zero attached hydrogens (tertiary/aromatic N) is 5. The summed E-state index contributed by atoms with van der Waals surface area (Å²) in [7, 11) is 0. The first-order valence-electron chi connectivity index (χ1n) is 6.17. The van der Waals surface area contributed by atoms with Crippen LogP contribution >= 0.6 is 11.6 Å². The smallest absolute Gasteiger partial charge is 0.244 e. The zero-order valence-electron chi connectivity index (χ0n) is 9.72. The molecule has 0 aromatic carbocycles. The monoisotopic (exact) mass is 253 g/mol. The Bertz CT molecular complexity index is 399. The Hall–Kier alpha value is -0.940. The van der Waals surface area contributed by atoms with Gasteiger partial charge in [0.05, 0.1) is 6.20 Å². The standard InChI is InChI=1S/C11H16ClN5/c12-11-14-10(7-13-15-11)17-6-2-5-16-4-1-3-9(16)8-17/h7,9H,1-6,8H2. The lowest BCUT2D eigenvalue weighted by molar-refractivity contribution is 0.273. The summed E-state index contributed by atoms with van der Waals surface area (Å²) in [5, 5.41) is 7.80. The molecule has 1 aromatic heterocycles. The van der Waals surface area contributed by atoms with Gasteiger partial charge in [-0.05, 0) is 37.4 Å². The second-order valence-electron chi connectivity index (χ2n) is 4.72.